The number of thiazole rings is 1. The second-order valence-electron chi connectivity index (χ2n) is 3.52. The van der Waals surface area contributed by atoms with Crippen LogP contribution in [0.5, 0.6) is 0 Å². The van der Waals surface area contributed by atoms with Crippen LogP contribution in [0.15, 0.2) is 24.3 Å². The molecule has 0 aliphatic carbocycles. The molecule has 0 spiro atoms. The number of carboxylic acids is 1. The molecule has 4 heteroatoms. The zero-order valence-electron chi connectivity index (χ0n) is 8.30. The number of aliphatic carboxylic acids is 1. The maximum atomic E-state index is 10.6. The molecule has 1 N–H and O–H groups in total. The summed E-state index contributed by atoms with van der Waals surface area (Å²) in [6.07, 6.45) is 0.139. The van der Waals surface area contributed by atoms with Gasteiger partial charge in [0.15, 0.2) is 0 Å². The summed E-state index contributed by atoms with van der Waals surface area (Å²) in [5.41, 5.74) is 0.953. The van der Waals surface area contributed by atoms with E-state index in [0.717, 1.165) is 15.2 Å². The third-order valence-corrected chi connectivity index (χ3v) is 3.48. The molecule has 3 nitrogen and oxygen atoms in total. The van der Waals surface area contributed by atoms with Gasteiger partial charge in [-0.2, -0.15) is 0 Å². The first-order chi connectivity index (χ1) is 7.16. The highest BCUT2D eigenvalue weighted by Gasteiger charge is 2.14. The van der Waals surface area contributed by atoms with Crippen LogP contribution in [0, 0.1) is 0 Å². The molecule has 0 amide bonds. The molecule has 0 unspecified atom stereocenters. The van der Waals surface area contributed by atoms with E-state index >= 15 is 0 Å². The number of para-hydroxylation sites is 1. The molecule has 78 valence electrons. The van der Waals surface area contributed by atoms with Crippen LogP contribution in [0.1, 0.15) is 24.3 Å². The average Bonchev–Trinajstić information content (AvgIpc) is 2.59. The van der Waals surface area contributed by atoms with Crippen molar-refractivity contribution in [2.75, 3.05) is 0 Å². The number of aromatic nitrogens is 1. The van der Waals surface area contributed by atoms with Crippen LogP contribution in [-0.2, 0) is 4.79 Å². The van der Waals surface area contributed by atoms with Crippen molar-refractivity contribution in [3.05, 3.63) is 29.3 Å². The largest absolute Gasteiger partial charge is 0.481 e. The zero-order chi connectivity index (χ0) is 10.8. The topological polar surface area (TPSA) is 50.2 Å². The van der Waals surface area contributed by atoms with Crippen molar-refractivity contribution in [2.24, 2.45) is 0 Å². The first-order valence-electron chi connectivity index (χ1n) is 4.74. The van der Waals surface area contributed by atoms with Gasteiger partial charge >= 0.3 is 5.97 Å². The van der Waals surface area contributed by atoms with Gasteiger partial charge in [0.05, 0.1) is 21.6 Å². The van der Waals surface area contributed by atoms with Crippen LogP contribution in [0.2, 0.25) is 0 Å². The van der Waals surface area contributed by atoms with Crippen molar-refractivity contribution in [1.29, 1.82) is 0 Å². The Morgan fingerprint density at radius 2 is 2.27 bits per heavy atom. The highest BCUT2D eigenvalue weighted by Crippen LogP contribution is 2.28. The van der Waals surface area contributed by atoms with Gasteiger partial charge in [-0.25, -0.2) is 4.98 Å². The van der Waals surface area contributed by atoms with E-state index in [4.69, 9.17) is 5.11 Å². The van der Waals surface area contributed by atoms with Gasteiger partial charge in [-0.1, -0.05) is 19.1 Å². The third-order valence-electron chi connectivity index (χ3n) is 2.21. The van der Waals surface area contributed by atoms with Crippen LogP contribution in [0.4, 0.5) is 0 Å². The molecule has 0 aliphatic heterocycles. The molecule has 1 heterocycles. The van der Waals surface area contributed by atoms with Crippen LogP contribution in [0.25, 0.3) is 10.2 Å². The van der Waals surface area contributed by atoms with E-state index in [9.17, 15) is 4.79 Å². The molecule has 0 radical (unpaired) electrons. The molecule has 15 heavy (non-hydrogen) atoms. The van der Waals surface area contributed by atoms with E-state index in [1.807, 2.05) is 31.2 Å². The summed E-state index contributed by atoms with van der Waals surface area (Å²) in [5, 5.41) is 9.60. The van der Waals surface area contributed by atoms with Gasteiger partial charge in [0, 0.05) is 5.92 Å². The second-order valence-corrected chi connectivity index (χ2v) is 4.58. The number of nitrogens with zero attached hydrogens (tertiary/aromatic N) is 1. The summed E-state index contributed by atoms with van der Waals surface area (Å²) in [5.74, 6) is -0.790. The number of hydrogen-bond acceptors (Lipinski definition) is 3. The van der Waals surface area contributed by atoms with Gasteiger partial charge in [-0.3, -0.25) is 4.79 Å². The maximum absolute atomic E-state index is 10.6. The van der Waals surface area contributed by atoms with Crippen molar-refractivity contribution in [1.82, 2.24) is 4.98 Å². The van der Waals surface area contributed by atoms with Crippen molar-refractivity contribution in [2.45, 2.75) is 19.3 Å². The highest BCUT2D eigenvalue weighted by molar-refractivity contribution is 7.18. The maximum Gasteiger partial charge on any atom is 0.304 e. The van der Waals surface area contributed by atoms with Crippen molar-refractivity contribution in [3.8, 4) is 0 Å². The lowest BCUT2D eigenvalue weighted by Gasteiger charge is -2.02. The lowest BCUT2D eigenvalue weighted by molar-refractivity contribution is -0.137. The standard InChI is InChI=1S/C11H11NO2S/c1-7(6-10(13)14)11-12-8-4-2-3-5-9(8)15-11/h2-5,7H,6H2,1H3,(H,13,14)/t7-/m1/s1. The SMILES string of the molecule is C[C@H](CC(=O)O)c1nc2ccccc2s1. The van der Waals surface area contributed by atoms with Crippen LogP contribution in [0.3, 0.4) is 0 Å². The Bertz CT molecular complexity index is 459. The fraction of sp³-hybridized carbons (Fsp3) is 0.273. The number of hydrogen-bond donors (Lipinski definition) is 1. The van der Waals surface area contributed by atoms with Gasteiger partial charge in [0.25, 0.3) is 0 Å². The first kappa shape index (κ1) is 10.1. The average molecular weight is 221 g/mol. The van der Waals surface area contributed by atoms with Crippen LogP contribution in [-0.4, -0.2) is 16.1 Å². The minimum absolute atomic E-state index is 0.0140. The van der Waals surface area contributed by atoms with Crippen molar-refractivity contribution >= 4 is 27.5 Å². The number of carboxylic acid groups (broad SMARTS) is 1. The second kappa shape index (κ2) is 3.98. The predicted molar refractivity (Wildman–Crippen MR) is 60.3 cm³/mol. The molecule has 0 saturated heterocycles. The fourth-order valence-corrected chi connectivity index (χ4v) is 2.47. The molecule has 1 atom stereocenters. The van der Waals surface area contributed by atoms with Gasteiger partial charge in [0.2, 0.25) is 0 Å². The monoisotopic (exact) mass is 221 g/mol. The number of fused-ring (bicyclic) bond motifs is 1. The first-order valence-corrected chi connectivity index (χ1v) is 5.55. The number of benzene rings is 1. The minimum Gasteiger partial charge on any atom is -0.481 e. The smallest absolute Gasteiger partial charge is 0.304 e. The normalized spacial score (nSPS) is 12.9. The molecular formula is C11H11NO2S. The Morgan fingerprint density at radius 3 is 2.93 bits per heavy atom. The van der Waals surface area contributed by atoms with E-state index < -0.39 is 5.97 Å². The van der Waals surface area contributed by atoms with Gasteiger partial charge < -0.3 is 5.11 Å². The number of carbonyl (C=O) groups is 1. The summed E-state index contributed by atoms with van der Waals surface area (Å²) in [6.45, 7) is 1.89. The molecule has 2 rings (SSSR count). The van der Waals surface area contributed by atoms with E-state index in [1.54, 1.807) is 11.3 Å². The molecule has 0 saturated carbocycles. The fourth-order valence-electron chi connectivity index (χ4n) is 1.45. The summed E-state index contributed by atoms with van der Waals surface area (Å²) < 4.78 is 1.12. The molecule has 0 aliphatic rings. The van der Waals surface area contributed by atoms with E-state index in [2.05, 4.69) is 4.98 Å². The number of rotatable bonds is 3. The quantitative estimate of drug-likeness (QED) is 0.867. The van der Waals surface area contributed by atoms with E-state index in [0.29, 0.717) is 0 Å². The predicted octanol–water partition coefficient (Wildman–Crippen LogP) is 2.87. The van der Waals surface area contributed by atoms with Crippen LogP contribution >= 0.6 is 11.3 Å². The van der Waals surface area contributed by atoms with E-state index in [-0.39, 0.29) is 12.3 Å². The third kappa shape index (κ3) is 2.15. The molecule has 0 fully saturated rings. The Balaban J connectivity index is 2.32. The zero-order valence-corrected chi connectivity index (χ0v) is 9.12. The Hall–Kier alpha value is -1.42. The summed E-state index contributed by atoms with van der Waals surface area (Å²) in [7, 11) is 0. The summed E-state index contributed by atoms with van der Waals surface area (Å²) in [6, 6.07) is 7.85. The van der Waals surface area contributed by atoms with Gasteiger partial charge in [0.1, 0.15) is 0 Å². The Kier molecular flexibility index (Phi) is 2.68. The van der Waals surface area contributed by atoms with Gasteiger partial charge in [-0.15, -0.1) is 11.3 Å². The van der Waals surface area contributed by atoms with Crippen molar-refractivity contribution in [3.63, 3.8) is 0 Å². The lowest BCUT2D eigenvalue weighted by Crippen LogP contribution is -2.02. The van der Waals surface area contributed by atoms with Crippen molar-refractivity contribution < 1.29 is 9.90 Å². The summed E-state index contributed by atoms with van der Waals surface area (Å²) >= 11 is 1.57. The van der Waals surface area contributed by atoms with E-state index in [1.165, 1.54) is 0 Å². The Labute approximate surface area is 91.4 Å². The van der Waals surface area contributed by atoms with Gasteiger partial charge in [-0.05, 0) is 12.1 Å². The minimum atomic E-state index is -0.776. The highest BCUT2D eigenvalue weighted by atomic mass is 32.1. The van der Waals surface area contributed by atoms with Crippen LogP contribution < -0.4 is 0 Å². The molecule has 2 aromatic rings. The molecular weight excluding hydrogens is 210 g/mol. The molecule has 1 aromatic heterocycles. The molecule has 1 aromatic carbocycles. The molecule has 0 bridgehead atoms. The lowest BCUT2D eigenvalue weighted by atomic mass is 10.1. The Morgan fingerprint density at radius 1 is 1.53 bits per heavy atom. The summed E-state index contributed by atoms with van der Waals surface area (Å²) in [4.78, 5) is 15.0.